The molecular weight excluding hydrogens is 454 g/mol. The lowest BCUT2D eigenvalue weighted by Crippen LogP contribution is -2.24. The van der Waals surface area contributed by atoms with Crippen LogP contribution in [-0.4, -0.2) is 14.5 Å². The van der Waals surface area contributed by atoms with Crippen molar-refractivity contribution < 1.29 is 0 Å². The summed E-state index contributed by atoms with van der Waals surface area (Å²) in [6.07, 6.45) is 1.75. The molecule has 0 N–H and O–H groups in total. The van der Waals surface area contributed by atoms with Crippen molar-refractivity contribution in [3.05, 3.63) is 85.2 Å². The van der Waals surface area contributed by atoms with Crippen LogP contribution in [0.1, 0.15) is 21.7 Å². The molecule has 0 bridgehead atoms. The van der Waals surface area contributed by atoms with Crippen molar-refractivity contribution in [2.45, 2.75) is 31.3 Å². The lowest BCUT2D eigenvalue weighted by atomic mass is 10.2. The van der Waals surface area contributed by atoms with E-state index >= 15 is 0 Å². The molecule has 0 saturated heterocycles. The Morgan fingerprint density at radius 2 is 2.04 bits per heavy atom. The Balaban J connectivity index is 1.78. The van der Waals surface area contributed by atoms with Crippen LogP contribution in [0.5, 0.6) is 0 Å². The molecule has 0 atom stereocenters. The molecule has 0 radical (unpaired) electrons. The predicted octanol–water partition coefficient (Wildman–Crippen LogP) is 5.57. The number of nitrogens with zero attached hydrogens (tertiary/aromatic N) is 3. The highest BCUT2D eigenvalue weighted by atomic mass is 79.9. The van der Waals surface area contributed by atoms with Crippen LogP contribution >= 0.6 is 39.0 Å². The molecule has 3 aromatic heterocycles. The zero-order valence-corrected chi connectivity index (χ0v) is 18.7. The van der Waals surface area contributed by atoms with Gasteiger partial charge in [0.1, 0.15) is 4.83 Å². The molecule has 0 amide bonds. The molecule has 0 aliphatic rings. The van der Waals surface area contributed by atoms with Gasteiger partial charge in [0, 0.05) is 21.3 Å². The van der Waals surface area contributed by atoms with E-state index in [0.29, 0.717) is 6.54 Å². The second-order valence-corrected chi connectivity index (χ2v) is 9.55. The van der Waals surface area contributed by atoms with E-state index in [1.54, 1.807) is 33.9 Å². The van der Waals surface area contributed by atoms with Gasteiger partial charge < -0.3 is 0 Å². The molecule has 0 fully saturated rings. The highest BCUT2D eigenvalue weighted by Crippen LogP contribution is 2.30. The van der Waals surface area contributed by atoms with Crippen molar-refractivity contribution in [1.82, 2.24) is 14.5 Å². The van der Waals surface area contributed by atoms with Crippen molar-refractivity contribution in [2.24, 2.45) is 0 Å². The molecule has 4 nitrogen and oxygen atoms in total. The van der Waals surface area contributed by atoms with Gasteiger partial charge in [-0.05, 0) is 49.2 Å². The quantitative estimate of drug-likeness (QED) is 0.281. The molecule has 0 saturated carbocycles. The van der Waals surface area contributed by atoms with Crippen molar-refractivity contribution in [3.8, 4) is 0 Å². The number of aromatic nitrogens is 3. The first-order valence-electron chi connectivity index (χ1n) is 8.80. The SMILES string of the molecule is Cc1sc2nc(SCc3cccc(Br)c3)n(Cc3ccccn3)c(=O)c2c1C. The number of halogens is 1. The molecule has 142 valence electrons. The fraction of sp³-hybridized carbons (Fsp3) is 0.190. The Bertz CT molecular complexity index is 1200. The van der Waals surface area contributed by atoms with E-state index in [2.05, 4.69) is 33.0 Å². The zero-order chi connectivity index (χ0) is 19.7. The third-order valence-corrected chi connectivity index (χ3v) is 7.20. The summed E-state index contributed by atoms with van der Waals surface area (Å²) in [7, 11) is 0. The second kappa shape index (κ2) is 8.19. The number of pyridine rings is 1. The molecular formula is C21H18BrN3OS2. The number of benzene rings is 1. The predicted molar refractivity (Wildman–Crippen MR) is 120 cm³/mol. The number of thioether (sulfide) groups is 1. The van der Waals surface area contributed by atoms with Gasteiger partial charge in [-0.2, -0.15) is 0 Å². The molecule has 28 heavy (non-hydrogen) atoms. The normalized spacial score (nSPS) is 11.2. The standard InChI is InChI=1S/C21H18BrN3OS2/c1-13-14(2)28-19-18(13)20(26)25(11-17-8-3-4-9-23-17)21(24-19)27-12-15-6-5-7-16(22)10-15/h3-10H,11-12H2,1-2H3. The average Bonchev–Trinajstić information content (AvgIpc) is 2.97. The second-order valence-electron chi connectivity index (χ2n) is 6.49. The van der Waals surface area contributed by atoms with E-state index in [1.165, 1.54) is 5.56 Å². The minimum atomic E-state index is 0.00856. The fourth-order valence-electron chi connectivity index (χ4n) is 2.99. The summed E-state index contributed by atoms with van der Waals surface area (Å²) < 4.78 is 2.80. The Labute approximate surface area is 179 Å². The van der Waals surface area contributed by atoms with Crippen LogP contribution in [0.2, 0.25) is 0 Å². The summed E-state index contributed by atoms with van der Waals surface area (Å²) in [6, 6.07) is 13.9. The summed E-state index contributed by atoms with van der Waals surface area (Å²) in [5, 5.41) is 1.45. The lowest BCUT2D eigenvalue weighted by molar-refractivity contribution is 0.647. The third kappa shape index (κ3) is 3.92. The smallest absolute Gasteiger partial charge is 0.263 e. The van der Waals surface area contributed by atoms with E-state index in [0.717, 1.165) is 41.7 Å². The molecule has 4 aromatic rings. The van der Waals surface area contributed by atoms with Crippen molar-refractivity contribution in [3.63, 3.8) is 0 Å². The lowest BCUT2D eigenvalue weighted by Gasteiger charge is -2.12. The van der Waals surface area contributed by atoms with Crippen LogP contribution in [0.15, 0.2) is 63.1 Å². The van der Waals surface area contributed by atoms with Crippen LogP contribution in [-0.2, 0) is 12.3 Å². The Morgan fingerprint density at radius 1 is 1.18 bits per heavy atom. The Kier molecular flexibility index (Phi) is 5.66. The van der Waals surface area contributed by atoms with Gasteiger partial charge in [-0.3, -0.25) is 14.3 Å². The first kappa shape index (κ1) is 19.4. The van der Waals surface area contributed by atoms with E-state index in [4.69, 9.17) is 4.98 Å². The first-order chi connectivity index (χ1) is 13.5. The summed E-state index contributed by atoms with van der Waals surface area (Å²) in [5.41, 5.74) is 3.06. The highest BCUT2D eigenvalue weighted by Gasteiger charge is 2.17. The summed E-state index contributed by atoms with van der Waals surface area (Å²) in [5.74, 6) is 0.739. The van der Waals surface area contributed by atoms with Gasteiger partial charge in [0.25, 0.3) is 5.56 Å². The van der Waals surface area contributed by atoms with Crippen LogP contribution in [0.25, 0.3) is 10.2 Å². The van der Waals surface area contributed by atoms with E-state index < -0.39 is 0 Å². The third-order valence-electron chi connectivity index (χ3n) is 4.56. The average molecular weight is 472 g/mol. The van der Waals surface area contributed by atoms with Gasteiger partial charge in [-0.15, -0.1) is 11.3 Å². The monoisotopic (exact) mass is 471 g/mol. The number of aryl methyl sites for hydroxylation is 2. The molecule has 0 unspecified atom stereocenters. The van der Waals surface area contributed by atoms with Crippen molar-refractivity contribution >= 4 is 49.2 Å². The minimum Gasteiger partial charge on any atom is -0.281 e. The molecule has 0 aliphatic heterocycles. The van der Waals surface area contributed by atoms with Gasteiger partial charge in [-0.1, -0.05) is 45.9 Å². The number of hydrogen-bond acceptors (Lipinski definition) is 5. The topological polar surface area (TPSA) is 47.8 Å². The Morgan fingerprint density at radius 3 is 2.79 bits per heavy atom. The maximum atomic E-state index is 13.3. The Hall–Kier alpha value is -1.96. The van der Waals surface area contributed by atoms with E-state index in [1.807, 2.05) is 44.2 Å². The summed E-state index contributed by atoms with van der Waals surface area (Å²) in [6.45, 7) is 4.45. The van der Waals surface area contributed by atoms with Crippen molar-refractivity contribution in [1.29, 1.82) is 0 Å². The maximum Gasteiger partial charge on any atom is 0.263 e. The van der Waals surface area contributed by atoms with Gasteiger partial charge in [0.05, 0.1) is 17.6 Å². The molecule has 0 spiro atoms. The van der Waals surface area contributed by atoms with Crippen LogP contribution in [0, 0.1) is 13.8 Å². The van der Waals surface area contributed by atoms with Crippen LogP contribution < -0.4 is 5.56 Å². The number of hydrogen-bond donors (Lipinski definition) is 0. The molecule has 4 rings (SSSR count). The zero-order valence-electron chi connectivity index (χ0n) is 15.5. The van der Waals surface area contributed by atoms with Crippen LogP contribution in [0.4, 0.5) is 0 Å². The number of fused-ring (bicyclic) bond motifs is 1. The summed E-state index contributed by atoms with van der Waals surface area (Å²) in [4.78, 5) is 24.5. The van der Waals surface area contributed by atoms with Gasteiger partial charge in [0.15, 0.2) is 5.16 Å². The summed E-state index contributed by atoms with van der Waals surface area (Å²) >= 11 is 6.68. The fourth-order valence-corrected chi connectivity index (χ4v) is 5.45. The van der Waals surface area contributed by atoms with E-state index in [9.17, 15) is 4.79 Å². The van der Waals surface area contributed by atoms with Crippen LogP contribution in [0.3, 0.4) is 0 Å². The number of thiophene rings is 1. The minimum absolute atomic E-state index is 0.00856. The molecule has 7 heteroatoms. The highest BCUT2D eigenvalue weighted by molar-refractivity contribution is 9.10. The molecule has 3 heterocycles. The van der Waals surface area contributed by atoms with Gasteiger partial charge in [0.2, 0.25) is 0 Å². The van der Waals surface area contributed by atoms with Crippen molar-refractivity contribution in [2.75, 3.05) is 0 Å². The van der Waals surface area contributed by atoms with Gasteiger partial charge >= 0.3 is 0 Å². The molecule has 0 aliphatic carbocycles. The first-order valence-corrected chi connectivity index (χ1v) is 11.4. The maximum absolute atomic E-state index is 13.3. The largest absolute Gasteiger partial charge is 0.281 e. The van der Waals surface area contributed by atoms with E-state index in [-0.39, 0.29) is 5.56 Å². The van der Waals surface area contributed by atoms with Gasteiger partial charge in [-0.25, -0.2) is 4.98 Å². The molecule has 1 aromatic carbocycles. The number of rotatable bonds is 5.